The predicted octanol–water partition coefficient (Wildman–Crippen LogP) is 6.39. The van der Waals surface area contributed by atoms with Crippen molar-refractivity contribution in [2.45, 2.75) is 58.3 Å². The Morgan fingerprint density at radius 2 is 1.97 bits per heavy atom. The van der Waals surface area contributed by atoms with Crippen LogP contribution in [0.5, 0.6) is 0 Å². The number of unbranched alkanes of at least 4 members (excludes halogenated alkanes) is 2. The van der Waals surface area contributed by atoms with Gasteiger partial charge in [0, 0.05) is 58.7 Å². The zero-order valence-corrected chi connectivity index (χ0v) is 18.9. The molecule has 29 heavy (non-hydrogen) atoms. The van der Waals surface area contributed by atoms with Crippen molar-refractivity contribution >= 4 is 46.3 Å². The van der Waals surface area contributed by atoms with Crippen LogP contribution in [0.15, 0.2) is 18.2 Å². The maximum absolute atomic E-state index is 13.3. The van der Waals surface area contributed by atoms with Gasteiger partial charge in [-0.25, -0.2) is 0 Å². The summed E-state index contributed by atoms with van der Waals surface area (Å²) in [5, 5.41) is 10.4. The molecule has 1 aromatic heterocycles. The Bertz CT molecular complexity index is 864. The number of aromatic nitrogens is 1. The number of aryl methyl sites for hydroxylation is 1. The van der Waals surface area contributed by atoms with Crippen LogP contribution in [0.1, 0.15) is 74.3 Å². The number of Topliss-reactive ketones (excluding diaryl/α,β-unsaturated/α-hetero) is 1. The summed E-state index contributed by atoms with van der Waals surface area (Å²) in [6, 6.07) is 5.53. The van der Waals surface area contributed by atoms with Gasteiger partial charge >= 0.3 is 5.97 Å². The molecule has 0 radical (unpaired) electrons. The molecule has 0 spiro atoms. The van der Waals surface area contributed by atoms with E-state index in [2.05, 4.69) is 6.92 Å². The van der Waals surface area contributed by atoms with Gasteiger partial charge in [-0.2, -0.15) is 0 Å². The summed E-state index contributed by atoms with van der Waals surface area (Å²) in [5.74, 6) is -0.688. The molecule has 0 fully saturated rings. The first-order valence-corrected chi connectivity index (χ1v) is 11.4. The van der Waals surface area contributed by atoms with Gasteiger partial charge < -0.3 is 14.2 Å². The number of hydrogen-bond donors (Lipinski definition) is 2. The molecular formula is C22H30ClNO4S. The van der Waals surface area contributed by atoms with Crippen molar-refractivity contribution < 1.29 is 19.2 Å². The fourth-order valence-corrected chi connectivity index (χ4v) is 4.70. The van der Waals surface area contributed by atoms with E-state index in [9.17, 15) is 14.1 Å². The number of fused-ring (bicyclic) bond motifs is 1. The first-order chi connectivity index (χ1) is 13.8. The molecule has 1 aromatic carbocycles. The quantitative estimate of drug-likeness (QED) is 0.227. The fourth-order valence-electron chi connectivity index (χ4n) is 4.03. The highest BCUT2D eigenvalue weighted by molar-refractivity contribution is 7.93. The van der Waals surface area contributed by atoms with Crippen molar-refractivity contribution in [1.82, 2.24) is 4.57 Å². The molecule has 2 N–H and O–H groups in total. The van der Waals surface area contributed by atoms with Crippen molar-refractivity contribution in [3.8, 4) is 0 Å². The number of benzene rings is 1. The van der Waals surface area contributed by atoms with Crippen molar-refractivity contribution in [2.75, 3.05) is 5.75 Å². The zero-order valence-electron chi connectivity index (χ0n) is 17.3. The standard InChI is InChI=1S/C22H30ClNO4S/c1-4-5-6-7-15(13-29-28)22-21(19(25)10-14(2)11-20(26)27)17-12-16(23)8-9-18(17)24(22)3/h8-9,12,14-15,28H,4-7,10-11,13H2,1-3H3,(H,26,27). The second-order valence-electron chi connectivity index (χ2n) is 7.80. The molecule has 5 nitrogen and oxygen atoms in total. The molecule has 7 heteroatoms. The highest BCUT2D eigenvalue weighted by Gasteiger charge is 2.28. The van der Waals surface area contributed by atoms with Crippen LogP contribution < -0.4 is 0 Å². The average Bonchev–Trinajstić information content (AvgIpc) is 2.92. The van der Waals surface area contributed by atoms with Gasteiger partial charge in [-0.15, -0.1) is 0 Å². The van der Waals surface area contributed by atoms with Crippen LogP contribution >= 0.6 is 23.6 Å². The fraction of sp³-hybridized carbons (Fsp3) is 0.545. The lowest BCUT2D eigenvalue weighted by Gasteiger charge is -2.19. The van der Waals surface area contributed by atoms with Gasteiger partial charge in [-0.3, -0.25) is 9.59 Å². The third-order valence-electron chi connectivity index (χ3n) is 5.36. The Morgan fingerprint density at radius 3 is 2.59 bits per heavy atom. The summed E-state index contributed by atoms with van der Waals surface area (Å²) in [6.07, 6.45) is 4.22. The summed E-state index contributed by atoms with van der Waals surface area (Å²) < 4.78 is 11.6. The molecule has 2 rings (SSSR count). The molecule has 1 heterocycles. The van der Waals surface area contributed by atoms with Crippen molar-refractivity contribution in [2.24, 2.45) is 13.0 Å². The molecule has 2 aromatic rings. The molecule has 0 saturated carbocycles. The van der Waals surface area contributed by atoms with Crippen LogP contribution in [0, 0.1) is 5.92 Å². The van der Waals surface area contributed by atoms with E-state index in [-0.39, 0.29) is 30.5 Å². The molecule has 0 saturated heterocycles. The van der Waals surface area contributed by atoms with E-state index in [4.69, 9.17) is 16.7 Å². The van der Waals surface area contributed by atoms with Gasteiger partial charge in [-0.05, 0) is 42.6 Å². The number of hydrogen-bond acceptors (Lipinski definition) is 4. The van der Waals surface area contributed by atoms with Crippen molar-refractivity contribution in [3.05, 3.63) is 34.5 Å². The first kappa shape index (κ1) is 23.8. The van der Waals surface area contributed by atoms with Gasteiger partial charge in [0.05, 0.1) is 0 Å². The molecule has 2 unspecified atom stereocenters. The number of ketones is 1. The van der Waals surface area contributed by atoms with Gasteiger partial charge in [-0.1, -0.05) is 44.7 Å². The number of carboxylic acids is 1. The number of carbonyl (C=O) groups is 2. The minimum absolute atomic E-state index is 0.0291. The maximum atomic E-state index is 13.3. The molecule has 2 atom stereocenters. The van der Waals surface area contributed by atoms with E-state index in [1.54, 1.807) is 6.92 Å². The van der Waals surface area contributed by atoms with Crippen LogP contribution in [-0.4, -0.2) is 31.7 Å². The number of aliphatic carboxylic acids is 1. The minimum Gasteiger partial charge on any atom is -0.481 e. The molecule has 0 aliphatic heterocycles. The van der Waals surface area contributed by atoms with Crippen LogP contribution in [0.25, 0.3) is 10.9 Å². The number of carboxylic acid groups (broad SMARTS) is 1. The minimum atomic E-state index is -0.902. The van der Waals surface area contributed by atoms with Gasteiger partial charge in [0.15, 0.2) is 5.78 Å². The predicted molar refractivity (Wildman–Crippen MR) is 120 cm³/mol. The average molecular weight is 440 g/mol. The normalized spacial score (nSPS) is 13.6. The second kappa shape index (κ2) is 11.0. The monoisotopic (exact) mass is 439 g/mol. The third-order valence-corrected chi connectivity index (χ3v) is 6.15. The van der Waals surface area contributed by atoms with Crippen molar-refractivity contribution in [3.63, 3.8) is 0 Å². The molecule has 0 amide bonds. The van der Waals surface area contributed by atoms with Gasteiger partial charge in [0.1, 0.15) is 0 Å². The van der Waals surface area contributed by atoms with Gasteiger partial charge in [0.2, 0.25) is 0 Å². The Hall–Kier alpha value is -1.50. The molecule has 0 aliphatic rings. The summed E-state index contributed by atoms with van der Waals surface area (Å²) in [7, 11) is 1.94. The second-order valence-corrected chi connectivity index (χ2v) is 8.83. The Balaban J connectivity index is 2.54. The lowest BCUT2D eigenvalue weighted by molar-refractivity contribution is -0.137. The van der Waals surface area contributed by atoms with E-state index < -0.39 is 5.97 Å². The molecule has 160 valence electrons. The summed E-state index contributed by atoms with van der Waals surface area (Å²) in [5.41, 5.74) is 2.45. The summed E-state index contributed by atoms with van der Waals surface area (Å²) >= 11 is 7.03. The van der Waals surface area contributed by atoms with Crippen LogP contribution in [-0.2, 0) is 11.8 Å². The molecule has 0 aliphatic carbocycles. The number of rotatable bonds is 12. The third kappa shape index (κ3) is 6.00. The zero-order chi connectivity index (χ0) is 21.6. The van der Waals surface area contributed by atoms with Gasteiger partial charge in [0.25, 0.3) is 0 Å². The lowest BCUT2D eigenvalue weighted by atomic mass is 9.90. The topological polar surface area (TPSA) is 79.5 Å². The summed E-state index contributed by atoms with van der Waals surface area (Å²) in [6.45, 7) is 3.93. The Morgan fingerprint density at radius 1 is 1.24 bits per heavy atom. The SMILES string of the molecule is CCCCCC(CSO)c1c(C(=O)CC(C)CC(=O)O)c2cc(Cl)ccc2n1C. The highest BCUT2D eigenvalue weighted by atomic mass is 35.5. The molecule has 0 bridgehead atoms. The van der Waals surface area contributed by atoms with E-state index in [0.29, 0.717) is 16.3 Å². The Kier molecular flexibility index (Phi) is 9.05. The maximum Gasteiger partial charge on any atom is 0.303 e. The lowest BCUT2D eigenvalue weighted by Crippen LogP contribution is -2.15. The largest absolute Gasteiger partial charge is 0.481 e. The number of halogens is 1. The van der Waals surface area contributed by atoms with Crippen LogP contribution in [0.2, 0.25) is 5.02 Å². The van der Waals surface area contributed by atoms with E-state index >= 15 is 0 Å². The van der Waals surface area contributed by atoms with Crippen LogP contribution in [0.4, 0.5) is 0 Å². The summed E-state index contributed by atoms with van der Waals surface area (Å²) in [4.78, 5) is 24.3. The smallest absolute Gasteiger partial charge is 0.303 e. The van der Waals surface area contributed by atoms with Crippen molar-refractivity contribution in [1.29, 1.82) is 0 Å². The van der Waals surface area contributed by atoms with E-state index in [1.807, 2.05) is 29.8 Å². The number of nitrogens with zero attached hydrogens (tertiary/aromatic N) is 1. The number of carbonyl (C=O) groups excluding carboxylic acids is 1. The first-order valence-electron chi connectivity index (χ1n) is 10.1. The van der Waals surface area contributed by atoms with Crippen LogP contribution in [0.3, 0.4) is 0 Å². The highest BCUT2D eigenvalue weighted by Crippen LogP contribution is 2.37. The van der Waals surface area contributed by atoms with E-state index in [0.717, 1.165) is 54.3 Å². The Labute approximate surface area is 181 Å². The van der Waals surface area contributed by atoms with E-state index in [1.165, 1.54) is 0 Å². The molecular weight excluding hydrogens is 410 g/mol.